The lowest BCUT2D eigenvalue weighted by Gasteiger charge is -2.18. The quantitative estimate of drug-likeness (QED) is 0.297. The maximum Gasteiger partial charge on any atom is 0.534 e. The summed E-state index contributed by atoms with van der Waals surface area (Å²) >= 11 is 0. The predicted molar refractivity (Wildman–Crippen MR) is 104 cm³/mol. The van der Waals surface area contributed by atoms with Crippen molar-refractivity contribution in [3.8, 4) is 22.6 Å². The van der Waals surface area contributed by atoms with Gasteiger partial charge in [-0.05, 0) is 23.3 Å². The van der Waals surface area contributed by atoms with Crippen molar-refractivity contribution in [3.05, 3.63) is 83.9 Å². The number of hydrogen-bond donors (Lipinski definition) is 0. The van der Waals surface area contributed by atoms with Crippen molar-refractivity contribution in [2.45, 2.75) is 12.1 Å². The van der Waals surface area contributed by atoms with E-state index in [1.807, 2.05) is 6.07 Å². The van der Waals surface area contributed by atoms with Crippen molar-refractivity contribution in [2.75, 3.05) is 0 Å². The van der Waals surface area contributed by atoms with E-state index in [1.165, 1.54) is 18.2 Å². The number of aldehydes is 1. The lowest BCUT2D eigenvalue weighted by Crippen LogP contribution is -2.28. The van der Waals surface area contributed by atoms with Gasteiger partial charge in [0.2, 0.25) is 0 Å². The molecule has 3 aromatic rings. The van der Waals surface area contributed by atoms with Gasteiger partial charge in [-0.15, -0.1) is 0 Å². The molecule has 0 spiro atoms. The average Bonchev–Trinajstić information content (AvgIpc) is 2.72. The van der Waals surface area contributed by atoms with Gasteiger partial charge in [-0.25, -0.2) is 0 Å². The van der Waals surface area contributed by atoms with Gasteiger partial charge in [-0.1, -0.05) is 60.7 Å². The Hall–Kier alpha value is -3.33. The van der Waals surface area contributed by atoms with Crippen molar-refractivity contribution >= 4 is 16.4 Å². The highest BCUT2D eigenvalue weighted by molar-refractivity contribution is 7.88. The highest BCUT2D eigenvalue weighted by Gasteiger charge is 2.49. The minimum atomic E-state index is -6.01. The van der Waals surface area contributed by atoms with Crippen LogP contribution >= 0.6 is 0 Å². The van der Waals surface area contributed by atoms with E-state index in [4.69, 9.17) is 4.74 Å². The summed E-state index contributed by atoms with van der Waals surface area (Å²) in [4.78, 5) is 11.4. The number of halogens is 3. The second-order valence-electron chi connectivity index (χ2n) is 6.10. The van der Waals surface area contributed by atoms with Gasteiger partial charge in [0.15, 0.2) is 12.0 Å². The van der Waals surface area contributed by atoms with E-state index in [0.717, 1.165) is 11.6 Å². The molecule has 0 aliphatic rings. The first-order chi connectivity index (χ1) is 14.2. The third-order valence-electron chi connectivity index (χ3n) is 4.05. The SMILES string of the molecule is O=Cc1ccc(OCc2ccccc2)c(-c2ccccc2)c1OS(=O)(=O)C(F)(F)F. The van der Waals surface area contributed by atoms with Gasteiger partial charge in [-0.2, -0.15) is 21.6 Å². The summed E-state index contributed by atoms with van der Waals surface area (Å²) in [5, 5.41) is 0. The van der Waals surface area contributed by atoms with Crippen LogP contribution in [-0.2, 0) is 16.7 Å². The van der Waals surface area contributed by atoms with Crippen molar-refractivity contribution < 1.29 is 35.3 Å². The molecular weight excluding hydrogens is 421 g/mol. The van der Waals surface area contributed by atoms with Crippen molar-refractivity contribution in [1.82, 2.24) is 0 Å². The molecule has 0 aromatic heterocycles. The van der Waals surface area contributed by atoms with Gasteiger partial charge in [0.05, 0.1) is 11.1 Å². The molecule has 0 aliphatic carbocycles. The van der Waals surface area contributed by atoms with E-state index in [1.54, 1.807) is 42.5 Å². The first-order valence-electron chi connectivity index (χ1n) is 8.58. The molecule has 0 atom stereocenters. The van der Waals surface area contributed by atoms with Gasteiger partial charge >= 0.3 is 15.6 Å². The normalized spacial score (nSPS) is 11.7. The molecule has 9 heteroatoms. The molecule has 5 nitrogen and oxygen atoms in total. The summed E-state index contributed by atoms with van der Waals surface area (Å²) in [7, 11) is -6.01. The summed E-state index contributed by atoms with van der Waals surface area (Å²) in [6, 6.07) is 19.4. The van der Waals surface area contributed by atoms with E-state index in [0.29, 0.717) is 5.56 Å². The number of ether oxygens (including phenoxy) is 1. The van der Waals surface area contributed by atoms with Crippen LogP contribution in [-0.4, -0.2) is 20.2 Å². The molecule has 0 aliphatic heterocycles. The summed E-state index contributed by atoms with van der Waals surface area (Å²) in [6.07, 6.45) is 0.217. The summed E-state index contributed by atoms with van der Waals surface area (Å²) in [5.41, 5.74) is -5.02. The molecule has 0 N–H and O–H groups in total. The van der Waals surface area contributed by atoms with Crippen molar-refractivity contribution in [3.63, 3.8) is 0 Å². The number of benzene rings is 3. The minimum Gasteiger partial charge on any atom is -0.488 e. The molecule has 0 radical (unpaired) electrons. The average molecular weight is 436 g/mol. The highest BCUT2D eigenvalue weighted by atomic mass is 32.2. The fraction of sp³-hybridized carbons (Fsp3) is 0.0952. The van der Waals surface area contributed by atoms with Gasteiger partial charge in [0.1, 0.15) is 12.4 Å². The Morgan fingerprint density at radius 3 is 2.03 bits per heavy atom. The van der Waals surface area contributed by atoms with E-state index >= 15 is 0 Å². The van der Waals surface area contributed by atoms with Crippen LogP contribution in [0.5, 0.6) is 11.5 Å². The van der Waals surface area contributed by atoms with Gasteiger partial charge in [0.25, 0.3) is 0 Å². The molecular formula is C21H15F3O5S. The second-order valence-corrected chi connectivity index (χ2v) is 7.64. The van der Waals surface area contributed by atoms with E-state index in [9.17, 15) is 26.4 Å². The maximum absolute atomic E-state index is 12.9. The van der Waals surface area contributed by atoms with Gasteiger partial charge in [-0.3, -0.25) is 4.79 Å². The number of carbonyl (C=O) groups is 1. The Labute approximate surface area is 170 Å². The molecule has 0 saturated heterocycles. The zero-order valence-electron chi connectivity index (χ0n) is 15.3. The molecule has 0 bridgehead atoms. The lowest BCUT2D eigenvalue weighted by atomic mass is 10.0. The van der Waals surface area contributed by atoms with Crippen molar-refractivity contribution in [2.24, 2.45) is 0 Å². The van der Waals surface area contributed by atoms with E-state index in [-0.39, 0.29) is 29.8 Å². The van der Waals surface area contributed by atoms with Crippen LogP contribution in [0.4, 0.5) is 13.2 Å². The molecule has 0 fully saturated rings. The Morgan fingerprint density at radius 1 is 0.867 bits per heavy atom. The smallest absolute Gasteiger partial charge is 0.488 e. The summed E-state index contributed by atoms with van der Waals surface area (Å²) < 4.78 is 72.2. The zero-order chi connectivity index (χ0) is 21.8. The Kier molecular flexibility index (Phi) is 6.12. The largest absolute Gasteiger partial charge is 0.534 e. The van der Waals surface area contributed by atoms with Crippen LogP contribution in [0.15, 0.2) is 72.8 Å². The first kappa shape index (κ1) is 21.4. The Morgan fingerprint density at radius 2 is 1.47 bits per heavy atom. The van der Waals surface area contributed by atoms with Gasteiger partial charge < -0.3 is 8.92 Å². The van der Waals surface area contributed by atoms with Crippen LogP contribution in [0, 0.1) is 0 Å². The third kappa shape index (κ3) is 4.62. The fourth-order valence-electron chi connectivity index (χ4n) is 2.65. The molecule has 156 valence electrons. The third-order valence-corrected chi connectivity index (χ3v) is 5.01. The lowest BCUT2D eigenvalue weighted by molar-refractivity contribution is -0.0500. The maximum atomic E-state index is 12.9. The minimum absolute atomic E-state index is 0.0584. The van der Waals surface area contributed by atoms with Crippen LogP contribution < -0.4 is 8.92 Å². The number of carbonyl (C=O) groups excluding carboxylic acids is 1. The molecule has 30 heavy (non-hydrogen) atoms. The molecule has 0 heterocycles. The summed E-state index contributed by atoms with van der Waals surface area (Å²) in [6.45, 7) is 0.0621. The molecule has 3 rings (SSSR count). The fourth-order valence-corrected chi connectivity index (χ4v) is 3.15. The van der Waals surface area contributed by atoms with Gasteiger partial charge in [0, 0.05) is 0 Å². The zero-order valence-corrected chi connectivity index (χ0v) is 16.1. The second kappa shape index (κ2) is 8.58. The molecule has 0 saturated carbocycles. The number of rotatable bonds is 7. The van der Waals surface area contributed by atoms with Crippen LogP contribution in [0.25, 0.3) is 11.1 Å². The van der Waals surface area contributed by atoms with E-state index < -0.39 is 21.4 Å². The topological polar surface area (TPSA) is 69.7 Å². The first-order valence-corrected chi connectivity index (χ1v) is 9.99. The Bertz CT molecular complexity index is 1130. The standard InChI is InChI=1S/C21H15F3O5S/c22-21(23,24)30(26,27)29-20-17(13-25)11-12-18(19(20)16-9-5-2-6-10-16)28-14-15-7-3-1-4-8-15/h1-13H,14H2. The predicted octanol–water partition coefficient (Wildman–Crippen LogP) is 4.97. The van der Waals surface area contributed by atoms with Crippen molar-refractivity contribution in [1.29, 1.82) is 0 Å². The van der Waals surface area contributed by atoms with Crippen LogP contribution in [0.3, 0.4) is 0 Å². The van der Waals surface area contributed by atoms with E-state index in [2.05, 4.69) is 4.18 Å². The molecule has 3 aromatic carbocycles. The highest BCUT2D eigenvalue weighted by Crippen LogP contribution is 2.43. The monoisotopic (exact) mass is 436 g/mol. The van der Waals surface area contributed by atoms with Crippen LogP contribution in [0.1, 0.15) is 15.9 Å². The molecule has 0 unspecified atom stereocenters. The molecule has 0 amide bonds. The number of hydrogen-bond acceptors (Lipinski definition) is 5. The Balaban J connectivity index is 2.14. The number of alkyl halides is 3. The summed E-state index contributed by atoms with van der Waals surface area (Å²) in [5.74, 6) is -0.692. The van der Waals surface area contributed by atoms with Crippen LogP contribution in [0.2, 0.25) is 0 Å².